The van der Waals surface area contributed by atoms with E-state index in [1.807, 2.05) is 0 Å². The van der Waals surface area contributed by atoms with Crippen LogP contribution < -0.4 is 5.73 Å². The number of likely N-dealkylation sites (tertiary alicyclic amines) is 1. The van der Waals surface area contributed by atoms with Gasteiger partial charge in [-0.3, -0.25) is 4.79 Å². The Morgan fingerprint density at radius 3 is 2.93 bits per heavy atom. The predicted octanol–water partition coefficient (Wildman–Crippen LogP) is 1.20. The first kappa shape index (κ1) is 11.8. The van der Waals surface area contributed by atoms with Gasteiger partial charge in [-0.1, -0.05) is 0 Å². The molecule has 0 aliphatic carbocycles. The number of primary amides is 1. The standard InChI is InChI=1S/C10H19ClN2O/c11-5-1-2-6-13-7-3-4-9(8-13)10(12)14/h9H,1-8H2,(H2,12,14). The van der Waals surface area contributed by atoms with E-state index in [0.29, 0.717) is 0 Å². The zero-order valence-electron chi connectivity index (χ0n) is 8.54. The normalized spacial score (nSPS) is 23.6. The molecule has 2 N–H and O–H groups in total. The van der Waals surface area contributed by atoms with E-state index in [1.54, 1.807) is 0 Å². The van der Waals surface area contributed by atoms with Gasteiger partial charge in [-0.05, 0) is 38.8 Å². The summed E-state index contributed by atoms with van der Waals surface area (Å²) < 4.78 is 0. The summed E-state index contributed by atoms with van der Waals surface area (Å²) in [6.07, 6.45) is 4.23. The highest BCUT2D eigenvalue weighted by Crippen LogP contribution is 2.16. The number of nitrogens with zero attached hydrogens (tertiary/aromatic N) is 1. The monoisotopic (exact) mass is 218 g/mol. The van der Waals surface area contributed by atoms with Crippen molar-refractivity contribution in [3.63, 3.8) is 0 Å². The molecule has 1 saturated heterocycles. The number of hydrogen-bond donors (Lipinski definition) is 1. The van der Waals surface area contributed by atoms with Gasteiger partial charge in [-0.2, -0.15) is 0 Å². The van der Waals surface area contributed by atoms with Crippen LogP contribution in [0.2, 0.25) is 0 Å². The van der Waals surface area contributed by atoms with Crippen molar-refractivity contribution in [3.8, 4) is 0 Å². The van der Waals surface area contributed by atoms with E-state index in [-0.39, 0.29) is 11.8 Å². The molecule has 0 radical (unpaired) electrons. The molecular weight excluding hydrogens is 200 g/mol. The van der Waals surface area contributed by atoms with Gasteiger partial charge in [0.05, 0.1) is 5.92 Å². The highest BCUT2D eigenvalue weighted by atomic mass is 35.5. The van der Waals surface area contributed by atoms with E-state index in [9.17, 15) is 4.79 Å². The highest BCUT2D eigenvalue weighted by Gasteiger charge is 2.23. The van der Waals surface area contributed by atoms with Crippen LogP contribution in [-0.2, 0) is 4.79 Å². The van der Waals surface area contributed by atoms with Crippen molar-refractivity contribution in [2.24, 2.45) is 11.7 Å². The second-order valence-corrected chi connectivity index (χ2v) is 4.32. The number of amides is 1. The van der Waals surface area contributed by atoms with Gasteiger partial charge < -0.3 is 10.6 Å². The summed E-state index contributed by atoms with van der Waals surface area (Å²) in [5, 5.41) is 0. The molecule has 4 heteroatoms. The molecule has 1 aliphatic heterocycles. The number of hydrogen-bond acceptors (Lipinski definition) is 2. The third-order valence-electron chi connectivity index (χ3n) is 2.77. The number of carbonyl (C=O) groups excluding carboxylic acids is 1. The lowest BCUT2D eigenvalue weighted by atomic mass is 9.97. The molecule has 1 atom stereocenters. The van der Waals surface area contributed by atoms with Gasteiger partial charge in [-0.15, -0.1) is 11.6 Å². The summed E-state index contributed by atoms with van der Waals surface area (Å²) in [6, 6.07) is 0. The minimum Gasteiger partial charge on any atom is -0.369 e. The van der Waals surface area contributed by atoms with Crippen LogP contribution >= 0.6 is 11.6 Å². The van der Waals surface area contributed by atoms with E-state index in [0.717, 1.165) is 51.2 Å². The maximum absolute atomic E-state index is 11.0. The van der Waals surface area contributed by atoms with E-state index in [2.05, 4.69) is 4.90 Å². The number of halogens is 1. The molecule has 1 rings (SSSR count). The molecule has 3 nitrogen and oxygen atoms in total. The number of piperidine rings is 1. The van der Waals surface area contributed by atoms with Crippen LogP contribution in [0, 0.1) is 5.92 Å². The zero-order valence-corrected chi connectivity index (χ0v) is 9.30. The first-order valence-corrected chi connectivity index (χ1v) is 5.85. The fourth-order valence-electron chi connectivity index (χ4n) is 1.92. The number of rotatable bonds is 5. The summed E-state index contributed by atoms with van der Waals surface area (Å²) in [4.78, 5) is 13.3. The summed E-state index contributed by atoms with van der Waals surface area (Å²) in [5.41, 5.74) is 5.30. The van der Waals surface area contributed by atoms with Gasteiger partial charge in [0.15, 0.2) is 0 Å². The fraction of sp³-hybridized carbons (Fsp3) is 0.900. The maximum atomic E-state index is 11.0. The molecule has 1 heterocycles. The molecule has 0 bridgehead atoms. The average Bonchev–Trinajstić information content (AvgIpc) is 2.19. The Hall–Kier alpha value is -0.280. The minimum absolute atomic E-state index is 0.0692. The summed E-state index contributed by atoms with van der Waals surface area (Å²) in [7, 11) is 0. The smallest absolute Gasteiger partial charge is 0.221 e. The summed E-state index contributed by atoms with van der Waals surface area (Å²) >= 11 is 5.61. The van der Waals surface area contributed by atoms with Crippen molar-refractivity contribution in [1.29, 1.82) is 0 Å². The topological polar surface area (TPSA) is 46.3 Å². The molecule has 0 aromatic carbocycles. The van der Waals surface area contributed by atoms with Crippen LogP contribution in [0.3, 0.4) is 0 Å². The lowest BCUT2D eigenvalue weighted by Gasteiger charge is -2.30. The van der Waals surface area contributed by atoms with E-state index >= 15 is 0 Å². The SMILES string of the molecule is NC(=O)C1CCCN(CCCCCl)C1. The molecular formula is C10H19ClN2O. The van der Waals surface area contributed by atoms with E-state index in [4.69, 9.17) is 17.3 Å². The quantitative estimate of drug-likeness (QED) is 0.557. The third-order valence-corrected chi connectivity index (χ3v) is 3.03. The number of alkyl halides is 1. The largest absolute Gasteiger partial charge is 0.369 e. The fourth-order valence-corrected chi connectivity index (χ4v) is 2.11. The first-order valence-electron chi connectivity index (χ1n) is 5.31. The Morgan fingerprint density at radius 2 is 2.29 bits per heavy atom. The average molecular weight is 219 g/mol. The van der Waals surface area contributed by atoms with Gasteiger partial charge in [-0.25, -0.2) is 0 Å². The van der Waals surface area contributed by atoms with Crippen molar-refractivity contribution >= 4 is 17.5 Å². The summed E-state index contributed by atoms with van der Waals surface area (Å²) in [5.74, 6) is 0.652. The van der Waals surface area contributed by atoms with Crippen LogP contribution in [0.25, 0.3) is 0 Å². The van der Waals surface area contributed by atoms with Gasteiger partial charge in [0.1, 0.15) is 0 Å². The lowest BCUT2D eigenvalue weighted by molar-refractivity contribution is -0.123. The van der Waals surface area contributed by atoms with Crippen LogP contribution in [0.4, 0.5) is 0 Å². The Bertz CT molecular complexity index is 187. The van der Waals surface area contributed by atoms with E-state index in [1.165, 1.54) is 0 Å². The lowest BCUT2D eigenvalue weighted by Crippen LogP contribution is -2.41. The molecule has 14 heavy (non-hydrogen) atoms. The van der Waals surface area contributed by atoms with Crippen LogP contribution in [0.5, 0.6) is 0 Å². The third kappa shape index (κ3) is 3.84. The molecule has 82 valence electrons. The van der Waals surface area contributed by atoms with Crippen LogP contribution in [0.15, 0.2) is 0 Å². The van der Waals surface area contributed by atoms with Crippen molar-refractivity contribution < 1.29 is 4.79 Å². The van der Waals surface area contributed by atoms with Gasteiger partial charge in [0.25, 0.3) is 0 Å². The Kier molecular flexibility index (Phi) is 5.26. The van der Waals surface area contributed by atoms with Gasteiger partial charge in [0, 0.05) is 12.4 Å². The van der Waals surface area contributed by atoms with Gasteiger partial charge in [0.2, 0.25) is 5.91 Å². The maximum Gasteiger partial charge on any atom is 0.221 e. The molecule has 1 fully saturated rings. The second kappa shape index (κ2) is 6.25. The van der Waals surface area contributed by atoms with Crippen molar-refractivity contribution in [3.05, 3.63) is 0 Å². The molecule has 1 amide bonds. The number of unbranched alkanes of at least 4 members (excludes halogenated alkanes) is 1. The minimum atomic E-state index is -0.146. The predicted molar refractivity (Wildman–Crippen MR) is 58.3 cm³/mol. The van der Waals surface area contributed by atoms with Gasteiger partial charge >= 0.3 is 0 Å². The Morgan fingerprint density at radius 1 is 1.50 bits per heavy atom. The number of nitrogens with two attached hydrogens (primary N) is 1. The van der Waals surface area contributed by atoms with Crippen molar-refractivity contribution in [2.45, 2.75) is 25.7 Å². The zero-order chi connectivity index (χ0) is 10.4. The van der Waals surface area contributed by atoms with Crippen molar-refractivity contribution in [1.82, 2.24) is 4.90 Å². The molecule has 1 aliphatic rings. The Labute approximate surface area is 90.6 Å². The second-order valence-electron chi connectivity index (χ2n) is 3.94. The van der Waals surface area contributed by atoms with E-state index < -0.39 is 0 Å². The highest BCUT2D eigenvalue weighted by molar-refractivity contribution is 6.17. The summed E-state index contributed by atoms with van der Waals surface area (Å²) in [6.45, 7) is 3.00. The molecule has 0 aromatic rings. The van der Waals surface area contributed by atoms with Crippen LogP contribution in [0.1, 0.15) is 25.7 Å². The van der Waals surface area contributed by atoms with Crippen LogP contribution in [-0.4, -0.2) is 36.3 Å². The Balaban J connectivity index is 2.22. The molecule has 0 aromatic heterocycles. The first-order chi connectivity index (χ1) is 6.74. The van der Waals surface area contributed by atoms with Crippen molar-refractivity contribution in [2.75, 3.05) is 25.5 Å². The molecule has 0 saturated carbocycles. The molecule has 0 spiro atoms. The number of carbonyl (C=O) groups is 1. The molecule has 1 unspecified atom stereocenters.